The molecule has 0 saturated carbocycles. The molecule has 1 aromatic rings. The first-order chi connectivity index (χ1) is 9.57. The second-order valence-corrected chi connectivity index (χ2v) is 5.94. The number of benzene rings is 1. The standard InChI is InChI=1S/C16H24N2O2/c1-16(7-9-20-10-8-16)12-18-15(19)6-5-13-3-2-4-14(17)11-13/h2-4,11H,5-10,12,17H2,1H3,(H,18,19). The van der Waals surface area contributed by atoms with Gasteiger partial charge in [0.05, 0.1) is 0 Å². The smallest absolute Gasteiger partial charge is 0.220 e. The van der Waals surface area contributed by atoms with Crippen LogP contribution in [-0.2, 0) is 16.0 Å². The molecule has 4 nitrogen and oxygen atoms in total. The molecular weight excluding hydrogens is 252 g/mol. The molecule has 0 spiro atoms. The van der Waals surface area contributed by atoms with Gasteiger partial charge in [0, 0.05) is 31.9 Å². The fourth-order valence-corrected chi connectivity index (χ4v) is 2.45. The molecule has 1 fully saturated rings. The van der Waals surface area contributed by atoms with Gasteiger partial charge in [-0.15, -0.1) is 0 Å². The number of hydrogen-bond donors (Lipinski definition) is 2. The molecule has 0 unspecified atom stereocenters. The molecule has 0 aliphatic carbocycles. The van der Waals surface area contributed by atoms with Gasteiger partial charge >= 0.3 is 0 Å². The SMILES string of the molecule is CC1(CNC(=O)CCc2cccc(N)c2)CCOCC1. The van der Waals surface area contributed by atoms with E-state index < -0.39 is 0 Å². The first-order valence-corrected chi connectivity index (χ1v) is 7.26. The van der Waals surface area contributed by atoms with Gasteiger partial charge in [-0.25, -0.2) is 0 Å². The van der Waals surface area contributed by atoms with Gasteiger partial charge in [-0.1, -0.05) is 19.1 Å². The lowest BCUT2D eigenvalue weighted by Crippen LogP contribution is -2.39. The number of hydrogen-bond acceptors (Lipinski definition) is 3. The van der Waals surface area contributed by atoms with Gasteiger partial charge in [0.1, 0.15) is 0 Å². The zero-order valence-corrected chi connectivity index (χ0v) is 12.2. The molecule has 1 aromatic carbocycles. The average molecular weight is 276 g/mol. The van der Waals surface area contributed by atoms with Crippen molar-refractivity contribution < 1.29 is 9.53 Å². The van der Waals surface area contributed by atoms with Crippen molar-refractivity contribution in [1.29, 1.82) is 0 Å². The van der Waals surface area contributed by atoms with E-state index in [1.165, 1.54) is 0 Å². The third kappa shape index (κ3) is 4.53. The van der Waals surface area contributed by atoms with Crippen molar-refractivity contribution in [3.05, 3.63) is 29.8 Å². The van der Waals surface area contributed by atoms with Gasteiger partial charge in [0.15, 0.2) is 0 Å². The topological polar surface area (TPSA) is 64.4 Å². The first-order valence-electron chi connectivity index (χ1n) is 7.26. The van der Waals surface area contributed by atoms with Crippen molar-refractivity contribution in [2.75, 3.05) is 25.5 Å². The Bertz CT molecular complexity index is 454. The van der Waals surface area contributed by atoms with Crippen LogP contribution in [0.3, 0.4) is 0 Å². The van der Waals surface area contributed by atoms with Crippen LogP contribution >= 0.6 is 0 Å². The van der Waals surface area contributed by atoms with Crippen LogP contribution in [0.4, 0.5) is 5.69 Å². The lowest BCUT2D eigenvalue weighted by Gasteiger charge is -2.33. The van der Waals surface area contributed by atoms with Gasteiger partial charge in [-0.05, 0) is 42.4 Å². The molecule has 1 amide bonds. The highest BCUT2D eigenvalue weighted by Gasteiger charge is 2.27. The third-order valence-electron chi connectivity index (χ3n) is 4.00. The Morgan fingerprint density at radius 1 is 1.40 bits per heavy atom. The molecule has 1 heterocycles. The van der Waals surface area contributed by atoms with E-state index in [4.69, 9.17) is 10.5 Å². The number of ether oxygens (including phenoxy) is 1. The van der Waals surface area contributed by atoms with Crippen LogP contribution in [0.2, 0.25) is 0 Å². The number of nitrogen functional groups attached to an aromatic ring is 1. The summed E-state index contributed by atoms with van der Waals surface area (Å²) in [6.07, 6.45) is 3.28. The first kappa shape index (κ1) is 14.9. The number of rotatable bonds is 5. The summed E-state index contributed by atoms with van der Waals surface area (Å²) in [6, 6.07) is 7.71. The normalized spacial score (nSPS) is 17.6. The molecule has 0 aromatic heterocycles. The zero-order chi connectivity index (χ0) is 14.4. The summed E-state index contributed by atoms with van der Waals surface area (Å²) in [5.41, 5.74) is 7.77. The summed E-state index contributed by atoms with van der Waals surface area (Å²) in [7, 11) is 0. The van der Waals surface area contributed by atoms with Crippen molar-refractivity contribution in [3.63, 3.8) is 0 Å². The number of nitrogens with two attached hydrogens (primary N) is 1. The fourth-order valence-electron chi connectivity index (χ4n) is 2.45. The van der Waals surface area contributed by atoms with Gasteiger partial charge in [0.2, 0.25) is 5.91 Å². The second kappa shape index (κ2) is 6.75. The van der Waals surface area contributed by atoms with Crippen LogP contribution in [0, 0.1) is 5.41 Å². The van der Waals surface area contributed by atoms with Crippen LogP contribution in [0.15, 0.2) is 24.3 Å². The predicted molar refractivity (Wildman–Crippen MR) is 80.3 cm³/mol. The van der Waals surface area contributed by atoms with Gasteiger partial charge in [-0.2, -0.15) is 0 Å². The predicted octanol–water partition coefficient (Wildman–Crippen LogP) is 2.13. The summed E-state index contributed by atoms with van der Waals surface area (Å²) in [6.45, 7) is 4.56. The quantitative estimate of drug-likeness (QED) is 0.810. The Morgan fingerprint density at radius 3 is 2.85 bits per heavy atom. The van der Waals surface area contributed by atoms with Crippen LogP contribution in [0.5, 0.6) is 0 Å². The molecule has 20 heavy (non-hydrogen) atoms. The van der Waals surface area contributed by atoms with Crippen molar-refractivity contribution in [1.82, 2.24) is 5.32 Å². The van der Waals surface area contributed by atoms with Crippen molar-refractivity contribution in [3.8, 4) is 0 Å². The number of amides is 1. The van der Waals surface area contributed by atoms with E-state index in [0.717, 1.165) is 50.3 Å². The van der Waals surface area contributed by atoms with Crippen LogP contribution in [0.25, 0.3) is 0 Å². The Kier molecular flexibility index (Phi) is 5.01. The average Bonchev–Trinajstić information content (AvgIpc) is 2.44. The molecule has 1 aliphatic rings. The summed E-state index contributed by atoms with van der Waals surface area (Å²) in [4.78, 5) is 11.9. The second-order valence-electron chi connectivity index (χ2n) is 5.94. The molecular formula is C16H24N2O2. The van der Waals surface area contributed by atoms with E-state index >= 15 is 0 Å². The third-order valence-corrected chi connectivity index (χ3v) is 4.00. The maximum absolute atomic E-state index is 11.9. The monoisotopic (exact) mass is 276 g/mol. The van der Waals surface area contributed by atoms with Crippen LogP contribution in [-0.4, -0.2) is 25.7 Å². The number of nitrogens with one attached hydrogen (secondary N) is 1. The van der Waals surface area contributed by atoms with E-state index in [9.17, 15) is 4.79 Å². The molecule has 0 atom stereocenters. The van der Waals surface area contributed by atoms with E-state index in [-0.39, 0.29) is 11.3 Å². The molecule has 0 radical (unpaired) electrons. The van der Waals surface area contributed by atoms with E-state index in [1.807, 2.05) is 24.3 Å². The highest BCUT2D eigenvalue weighted by atomic mass is 16.5. The largest absolute Gasteiger partial charge is 0.399 e. The molecule has 1 saturated heterocycles. The summed E-state index contributed by atoms with van der Waals surface area (Å²) < 4.78 is 5.36. The number of carbonyl (C=O) groups is 1. The summed E-state index contributed by atoms with van der Waals surface area (Å²) >= 11 is 0. The number of aryl methyl sites for hydroxylation is 1. The Balaban J connectivity index is 1.72. The van der Waals surface area contributed by atoms with Crippen molar-refractivity contribution in [2.24, 2.45) is 5.41 Å². The maximum atomic E-state index is 11.9. The molecule has 3 N–H and O–H groups in total. The Hall–Kier alpha value is -1.55. The fraction of sp³-hybridized carbons (Fsp3) is 0.562. The van der Waals surface area contributed by atoms with E-state index in [1.54, 1.807) is 0 Å². The van der Waals surface area contributed by atoms with Crippen LogP contribution in [0.1, 0.15) is 31.7 Å². The zero-order valence-electron chi connectivity index (χ0n) is 12.2. The molecule has 0 bridgehead atoms. The van der Waals surface area contributed by atoms with E-state index in [0.29, 0.717) is 6.42 Å². The number of anilines is 1. The summed E-state index contributed by atoms with van der Waals surface area (Å²) in [5.74, 6) is 0.111. The van der Waals surface area contributed by atoms with Gasteiger partial charge < -0.3 is 15.8 Å². The molecule has 1 aliphatic heterocycles. The van der Waals surface area contributed by atoms with E-state index in [2.05, 4.69) is 12.2 Å². The molecule has 4 heteroatoms. The minimum Gasteiger partial charge on any atom is -0.399 e. The summed E-state index contributed by atoms with van der Waals surface area (Å²) in [5, 5.41) is 3.05. The minimum absolute atomic E-state index is 0.111. The lowest BCUT2D eigenvalue weighted by molar-refractivity contribution is -0.121. The van der Waals surface area contributed by atoms with Crippen LogP contribution < -0.4 is 11.1 Å². The van der Waals surface area contributed by atoms with Gasteiger partial charge in [0.25, 0.3) is 0 Å². The molecule has 2 rings (SSSR count). The van der Waals surface area contributed by atoms with Crippen molar-refractivity contribution >= 4 is 11.6 Å². The maximum Gasteiger partial charge on any atom is 0.220 e. The minimum atomic E-state index is 0.111. The number of carbonyl (C=O) groups excluding carboxylic acids is 1. The Morgan fingerprint density at radius 2 is 2.15 bits per heavy atom. The highest BCUT2D eigenvalue weighted by Crippen LogP contribution is 2.28. The highest BCUT2D eigenvalue weighted by molar-refractivity contribution is 5.76. The molecule has 110 valence electrons. The van der Waals surface area contributed by atoms with Gasteiger partial charge in [-0.3, -0.25) is 4.79 Å². The Labute approximate surface area is 120 Å². The van der Waals surface area contributed by atoms with Crippen molar-refractivity contribution in [2.45, 2.75) is 32.6 Å². The lowest BCUT2D eigenvalue weighted by atomic mass is 9.82.